The van der Waals surface area contributed by atoms with E-state index in [-0.39, 0.29) is 5.41 Å². The van der Waals surface area contributed by atoms with Crippen molar-refractivity contribution in [1.29, 1.82) is 0 Å². The first-order chi connectivity index (χ1) is 14.8. The van der Waals surface area contributed by atoms with E-state index in [4.69, 9.17) is 4.99 Å². The maximum absolute atomic E-state index is 10.9. The molecule has 0 spiro atoms. The third kappa shape index (κ3) is 2.84. The topological polar surface area (TPSA) is 39.1 Å². The molecule has 2 fully saturated rings. The van der Waals surface area contributed by atoms with E-state index in [0.29, 0.717) is 11.9 Å². The van der Waals surface area contributed by atoms with Gasteiger partial charge in [-0.3, -0.25) is 0 Å². The quantitative estimate of drug-likeness (QED) is 0.740. The van der Waals surface area contributed by atoms with Crippen molar-refractivity contribution in [3.8, 4) is 0 Å². The Labute approximate surface area is 178 Å². The van der Waals surface area contributed by atoms with Crippen molar-refractivity contribution in [3.63, 3.8) is 0 Å². The summed E-state index contributed by atoms with van der Waals surface area (Å²) in [5.41, 5.74) is 2.53. The van der Waals surface area contributed by atoms with Crippen molar-refractivity contribution >= 4 is 16.6 Å². The van der Waals surface area contributed by atoms with Gasteiger partial charge in [0.2, 0.25) is 5.88 Å². The van der Waals surface area contributed by atoms with Crippen molar-refractivity contribution in [2.24, 2.45) is 4.99 Å². The Kier molecular flexibility index (Phi) is 4.15. The standard InChI is InChI=1S/C26H29N3O/c30-25-23-12-15-27-24(29(23)17-16-28(25)20-10-11-20)18-26(13-3-4-14-26)22-9-5-7-19-6-1-2-8-21(19)22/h1-2,5-9,12,15,20,30H,3-4,10-11,13-14,16-18H2. The summed E-state index contributed by atoms with van der Waals surface area (Å²) in [6.45, 7) is 1.79. The molecule has 154 valence electrons. The average Bonchev–Trinajstić information content (AvgIpc) is 3.52. The minimum absolute atomic E-state index is 0.124. The van der Waals surface area contributed by atoms with E-state index < -0.39 is 0 Å². The van der Waals surface area contributed by atoms with Crippen LogP contribution in [-0.2, 0) is 5.41 Å². The van der Waals surface area contributed by atoms with Crippen LogP contribution in [0.1, 0.15) is 50.5 Å². The lowest BCUT2D eigenvalue weighted by Crippen LogP contribution is -2.47. The van der Waals surface area contributed by atoms with Crippen LogP contribution < -0.4 is 0 Å². The summed E-state index contributed by atoms with van der Waals surface area (Å²) in [4.78, 5) is 9.31. The SMILES string of the molecule is OC1=C2C=CN=C(CC3(c4cccc5ccccc45)CCCC3)N2CCN1C1CC1. The maximum atomic E-state index is 10.9. The number of nitrogens with zero attached hydrogens (tertiary/aromatic N) is 3. The van der Waals surface area contributed by atoms with Gasteiger partial charge in [-0.25, -0.2) is 4.99 Å². The van der Waals surface area contributed by atoms with E-state index in [1.54, 1.807) is 0 Å². The van der Waals surface area contributed by atoms with Crippen molar-refractivity contribution in [2.75, 3.05) is 13.1 Å². The van der Waals surface area contributed by atoms with Crippen LogP contribution in [0.15, 0.2) is 71.3 Å². The number of allylic oxidation sites excluding steroid dienone is 1. The van der Waals surface area contributed by atoms with Gasteiger partial charge in [-0.05, 0) is 48.1 Å². The number of aliphatic imine (C=N–C) groups is 1. The van der Waals surface area contributed by atoms with Gasteiger partial charge < -0.3 is 14.9 Å². The third-order valence-electron chi connectivity index (χ3n) is 7.53. The van der Waals surface area contributed by atoms with Crippen LogP contribution >= 0.6 is 0 Å². The molecule has 1 N–H and O–H groups in total. The molecular weight excluding hydrogens is 370 g/mol. The summed E-state index contributed by atoms with van der Waals surface area (Å²) in [7, 11) is 0. The van der Waals surface area contributed by atoms with Crippen molar-refractivity contribution in [3.05, 3.63) is 71.9 Å². The summed E-state index contributed by atoms with van der Waals surface area (Å²) in [5.74, 6) is 1.56. The van der Waals surface area contributed by atoms with Crippen LogP contribution in [0.4, 0.5) is 0 Å². The van der Waals surface area contributed by atoms with Crippen LogP contribution in [-0.4, -0.2) is 39.9 Å². The van der Waals surface area contributed by atoms with Crippen LogP contribution in [0.3, 0.4) is 0 Å². The van der Waals surface area contributed by atoms with E-state index in [2.05, 4.69) is 52.3 Å². The molecule has 2 saturated carbocycles. The fourth-order valence-corrected chi connectivity index (χ4v) is 5.86. The van der Waals surface area contributed by atoms with Crippen molar-refractivity contribution in [1.82, 2.24) is 9.80 Å². The van der Waals surface area contributed by atoms with Crippen LogP contribution in [0.25, 0.3) is 10.8 Å². The molecule has 0 amide bonds. The van der Waals surface area contributed by atoms with Crippen LogP contribution in [0.5, 0.6) is 0 Å². The van der Waals surface area contributed by atoms with E-state index in [1.165, 1.54) is 54.9 Å². The van der Waals surface area contributed by atoms with Gasteiger partial charge >= 0.3 is 0 Å². The minimum atomic E-state index is 0.124. The molecule has 30 heavy (non-hydrogen) atoms. The average molecular weight is 400 g/mol. The highest BCUT2D eigenvalue weighted by Gasteiger charge is 2.42. The zero-order valence-electron chi connectivity index (χ0n) is 17.4. The maximum Gasteiger partial charge on any atom is 0.211 e. The molecule has 0 saturated heterocycles. The molecule has 4 heteroatoms. The first-order valence-corrected chi connectivity index (χ1v) is 11.4. The van der Waals surface area contributed by atoms with Crippen LogP contribution in [0.2, 0.25) is 0 Å². The predicted octanol–water partition coefficient (Wildman–Crippen LogP) is 5.47. The fourth-order valence-electron chi connectivity index (χ4n) is 5.86. The van der Waals surface area contributed by atoms with E-state index in [9.17, 15) is 5.11 Å². The van der Waals surface area contributed by atoms with Crippen LogP contribution in [0, 0.1) is 0 Å². The Morgan fingerprint density at radius 3 is 2.63 bits per heavy atom. The molecule has 2 aromatic rings. The summed E-state index contributed by atoms with van der Waals surface area (Å²) in [6, 6.07) is 16.1. The molecule has 2 aliphatic heterocycles. The lowest BCUT2D eigenvalue weighted by molar-refractivity contribution is 0.150. The Balaban J connectivity index is 1.38. The Bertz CT molecular complexity index is 1070. The lowest BCUT2D eigenvalue weighted by atomic mass is 9.73. The molecule has 6 rings (SSSR count). The Morgan fingerprint density at radius 1 is 1.00 bits per heavy atom. The molecule has 0 bridgehead atoms. The second-order valence-electron chi connectivity index (χ2n) is 9.34. The first-order valence-electron chi connectivity index (χ1n) is 11.4. The smallest absolute Gasteiger partial charge is 0.211 e. The molecule has 2 heterocycles. The summed E-state index contributed by atoms with van der Waals surface area (Å²) < 4.78 is 0. The van der Waals surface area contributed by atoms with Crippen molar-refractivity contribution in [2.45, 2.75) is 56.4 Å². The molecule has 2 aliphatic carbocycles. The second kappa shape index (κ2) is 6.90. The number of rotatable bonds is 4. The molecule has 0 aromatic heterocycles. The molecule has 2 aromatic carbocycles. The highest BCUT2D eigenvalue weighted by molar-refractivity contribution is 5.91. The van der Waals surface area contributed by atoms with E-state index in [1.807, 2.05) is 12.3 Å². The number of benzene rings is 2. The lowest BCUT2D eigenvalue weighted by Gasteiger charge is -2.41. The largest absolute Gasteiger partial charge is 0.493 e. The van der Waals surface area contributed by atoms with Gasteiger partial charge in [0.1, 0.15) is 11.5 Å². The molecule has 0 unspecified atom stereocenters. The number of aliphatic hydroxyl groups is 1. The predicted molar refractivity (Wildman–Crippen MR) is 121 cm³/mol. The third-order valence-corrected chi connectivity index (χ3v) is 7.53. The zero-order chi connectivity index (χ0) is 20.1. The molecule has 4 aliphatic rings. The number of aliphatic hydroxyl groups excluding tert-OH is 1. The Hall–Kier alpha value is -2.75. The summed E-state index contributed by atoms with van der Waals surface area (Å²) in [6.07, 6.45) is 12.2. The van der Waals surface area contributed by atoms with E-state index >= 15 is 0 Å². The number of amidine groups is 1. The molecule has 0 radical (unpaired) electrons. The summed E-state index contributed by atoms with van der Waals surface area (Å²) >= 11 is 0. The Morgan fingerprint density at radius 2 is 1.80 bits per heavy atom. The van der Waals surface area contributed by atoms with E-state index in [0.717, 1.165) is 31.0 Å². The molecule has 4 nitrogen and oxygen atoms in total. The zero-order valence-corrected chi connectivity index (χ0v) is 17.4. The van der Waals surface area contributed by atoms with Gasteiger partial charge in [0.05, 0.1) is 0 Å². The normalized spacial score (nSPS) is 23.1. The second-order valence-corrected chi connectivity index (χ2v) is 9.34. The number of hydrogen-bond donors (Lipinski definition) is 1. The minimum Gasteiger partial charge on any atom is -0.493 e. The highest BCUT2D eigenvalue weighted by Crippen LogP contribution is 2.47. The van der Waals surface area contributed by atoms with Gasteiger partial charge in [0, 0.05) is 37.2 Å². The van der Waals surface area contributed by atoms with Gasteiger partial charge in [0.15, 0.2) is 0 Å². The van der Waals surface area contributed by atoms with Crippen molar-refractivity contribution < 1.29 is 5.11 Å². The fraction of sp³-hybridized carbons (Fsp3) is 0.423. The number of hydrogen-bond acceptors (Lipinski definition) is 4. The number of fused-ring (bicyclic) bond motifs is 2. The molecular formula is C26H29N3O. The summed E-state index contributed by atoms with van der Waals surface area (Å²) in [5, 5.41) is 13.6. The molecule has 0 atom stereocenters. The van der Waals surface area contributed by atoms with Gasteiger partial charge in [-0.15, -0.1) is 0 Å². The van der Waals surface area contributed by atoms with Gasteiger partial charge in [-0.1, -0.05) is 55.3 Å². The monoisotopic (exact) mass is 399 g/mol. The van der Waals surface area contributed by atoms with Gasteiger partial charge in [-0.2, -0.15) is 0 Å². The highest BCUT2D eigenvalue weighted by atomic mass is 16.3. The van der Waals surface area contributed by atoms with Gasteiger partial charge in [0.25, 0.3) is 0 Å². The first kappa shape index (κ1) is 18.1.